The number of rotatable bonds is 11. The van der Waals surface area contributed by atoms with Crippen molar-refractivity contribution >= 4 is 62.3 Å². The third-order valence-electron chi connectivity index (χ3n) is 6.57. The first-order valence-corrected chi connectivity index (χ1v) is 15.3. The number of anilines is 1. The highest BCUT2D eigenvalue weighted by Gasteiger charge is 2.33. The van der Waals surface area contributed by atoms with Crippen molar-refractivity contribution in [1.29, 1.82) is 0 Å². The highest BCUT2D eigenvalue weighted by molar-refractivity contribution is 7.92. The van der Waals surface area contributed by atoms with Gasteiger partial charge in [-0.1, -0.05) is 53.9 Å². The van der Waals surface area contributed by atoms with E-state index < -0.39 is 28.5 Å². The standard InChI is InChI=1S/C29H32Cl3N3O4S/c1-5-15-33-29(37)21(4)34(17-25-26(31)7-6-8-27(25)32)28(36)18-35(23-12-9-19(2)20(3)16-23)40(38,39)24-13-10-22(30)11-14-24/h6-14,16,21H,5,15,17-18H2,1-4H3,(H,33,37)/t21-/m0/s1. The minimum Gasteiger partial charge on any atom is -0.354 e. The topological polar surface area (TPSA) is 86.8 Å². The van der Waals surface area contributed by atoms with Gasteiger partial charge in [0.2, 0.25) is 11.8 Å². The Balaban J connectivity index is 2.08. The molecular formula is C29H32Cl3N3O4S. The lowest BCUT2D eigenvalue weighted by Gasteiger charge is -2.32. The van der Waals surface area contributed by atoms with Gasteiger partial charge in [-0.25, -0.2) is 8.42 Å². The quantitative estimate of drug-likeness (QED) is 0.267. The van der Waals surface area contributed by atoms with Crippen LogP contribution in [-0.2, 0) is 26.2 Å². The molecule has 7 nitrogen and oxygen atoms in total. The van der Waals surface area contributed by atoms with Gasteiger partial charge in [0.05, 0.1) is 10.6 Å². The highest BCUT2D eigenvalue weighted by atomic mass is 35.5. The van der Waals surface area contributed by atoms with Crippen molar-refractivity contribution in [1.82, 2.24) is 10.2 Å². The average Bonchev–Trinajstić information content (AvgIpc) is 2.91. The SMILES string of the molecule is CCCNC(=O)[C@H](C)N(Cc1c(Cl)cccc1Cl)C(=O)CN(c1ccc(C)c(C)c1)S(=O)(=O)c1ccc(Cl)cc1. The van der Waals surface area contributed by atoms with Crippen LogP contribution < -0.4 is 9.62 Å². The molecule has 1 N–H and O–H groups in total. The summed E-state index contributed by atoms with van der Waals surface area (Å²) in [4.78, 5) is 28.2. The first-order valence-electron chi connectivity index (χ1n) is 12.7. The first kappa shape index (κ1) is 31.7. The summed E-state index contributed by atoms with van der Waals surface area (Å²) in [7, 11) is -4.20. The molecule has 3 aromatic carbocycles. The summed E-state index contributed by atoms with van der Waals surface area (Å²) < 4.78 is 28.8. The van der Waals surface area contributed by atoms with Gasteiger partial charge in [0.25, 0.3) is 10.0 Å². The van der Waals surface area contributed by atoms with Crippen LogP contribution in [0.2, 0.25) is 15.1 Å². The summed E-state index contributed by atoms with van der Waals surface area (Å²) in [5.41, 5.74) is 2.58. The summed E-state index contributed by atoms with van der Waals surface area (Å²) in [5, 5.41) is 3.83. The van der Waals surface area contributed by atoms with Crippen LogP contribution in [0.15, 0.2) is 65.6 Å². The van der Waals surface area contributed by atoms with Gasteiger partial charge in [-0.3, -0.25) is 13.9 Å². The van der Waals surface area contributed by atoms with Crippen LogP contribution in [0.5, 0.6) is 0 Å². The molecule has 0 spiro atoms. The van der Waals surface area contributed by atoms with Gasteiger partial charge in [0.15, 0.2) is 0 Å². The van der Waals surface area contributed by atoms with Crippen molar-refractivity contribution in [2.45, 2.75) is 51.6 Å². The van der Waals surface area contributed by atoms with Crippen molar-refractivity contribution in [2.75, 3.05) is 17.4 Å². The predicted molar refractivity (Wildman–Crippen MR) is 162 cm³/mol. The molecule has 0 aliphatic carbocycles. The van der Waals surface area contributed by atoms with Gasteiger partial charge in [0.1, 0.15) is 12.6 Å². The molecule has 0 aromatic heterocycles. The van der Waals surface area contributed by atoms with Gasteiger partial charge in [0, 0.05) is 33.7 Å². The molecule has 0 unspecified atom stereocenters. The number of carbonyl (C=O) groups excluding carboxylic acids is 2. The smallest absolute Gasteiger partial charge is 0.264 e. The second kappa shape index (κ2) is 13.7. The van der Waals surface area contributed by atoms with Crippen molar-refractivity contribution in [3.63, 3.8) is 0 Å². The van der Waals surface area contributed by atoms with E-state index in [1.807, 2.05) is 20.8 Å². The van der Waals surface area contributed by atoms with Gasteiger partial charge < -0.3 is 10.2 Å². The Morgan fingerprint density at radius 1 is 0.925 bits per heavy atom. The molecule has 0 heterocycles. The fourth-order valence-corrected chi connectivity index (χ4v) is 6.02. The summed E-state index contributed by atoms with van der Waals surface area (Å²) >= 11 is 18.8. The summed E-state index contributed by atoms with van der Waals surface area (Å²) in [6.07, 6.45) is 0.711. The van der Waals surface area contributed by atoms with E-state index in [1.165, 1.54) is 29.2 Å². The Bertz CT molecular complexity index is 1460. The van der Waals surface area contributed by atoms with Crippen LogP contribution in [0.3, 0.4) is 0 Å². The fraction of sp³-hybridized carbons (Fsp3) is 0.310. The molecular weight excluding hydrogens is 593 g/mol. The lowest BCUT2D eigenvalue weighted by molar-refractivity contribution is -0.139. The third-order valence-corrected chi connectivity index (χ3v) is 9.31. The molecule has 3 aromatic rings. The maximum absolute atomic E-state index is 14.0. The normalized spacial score (nSPS) is 12.1. The van der Waals surface area contributed by atoms with Crippen LogP contribution in [0.25, 0.3) is 0 Å². The number of aryl methyl sites for hydroxylation is 2. The van der Waals surface area contributed by atoms with Gasteiger partial charge in [-0.2, -0.15) is 0 Å². The molecule has 11 heteroatoms. The Hall–Kier alpha value is -2.78. The molecule has 0 aliphatic rings. The number of nitrogens with one attached hydrogen (secondary N) is 1. The van der Waals surface area contributed by atoms with Crippen LogP contribution in [0.1, 0.15) is 37.0 Å². The van der Waals surface area contributed by atoms with Crippen molar-refractivity contribution in [3.8, 4) is 0 Å². The van der Waals surface area contributed by atoms with Crippen molar-refractivity contribution in [2.24, 2.45) is 0 Å². The number of hydrogen-bond donors (Lipinski definition) is 1. The second-order valence-electron chi connectivity index (χ2n) is 9.42. The Morgan fingerprint density at radius 3 is 2.12 bits per heavy atom. The highest BCUT2D eigenvalue weighted by Crippen LogP contribution is 2.29. The lowest BCUT2D eigenvalue weighted by atomic mass is 10.1. The summed E-state index contributed by atoms with van der Waals surface area (Å²) in [5.74, 6) is -0.984. The van der Waals surface area contributed by atoms with Crippen LogP contribution in [0, 0.1) is 13.8 Å². The average molecular weight is 625 g/mol. The minimum absolute atomic E-state index is 0.0302. The summed E-state index contributed by atoms with van der Waals surface area (Å²) in [6.45, 7) is 7.04. The first-order chi connectivity index (χ1) is 18.9. The number of nitrogens with zero attached hydrogens (tertiary/aromatic N) is 2. The molecule has 0 saturated carbocycles. The van der Waals surface area contributed by atoms with E-state index in [0.717, 1.165) is 15.4 Å². The molecule has 1 atom stereocenters. The second-order valence-corrected chi connectivity index (χ2v) is 12.5. The van der Waals surface area contributed by atoms with Gasteiger partial charge >= 0.3 is 0 Å². The number of hydrogen-bond acceptors (Lipinski definition) is 4. The van der Waals surface area contributed by atoms with Crippen molar-refractivity contribution < 1.29 is 18.0 Å². The maximum Gasteiger partial charge on any atom is 0.264 e. The van der Waals surface area contributed by atoms with Gasteiger partial charge in [-0.15, -0.1) is 0 Å². The molecule has 2 amide bonds. The van der Waals surface area contributed by atoms with E-state index in [4.69, 9.17) is 34.8 Å². The molecule has 214 valence electrons. The van der Waals surface area contributed by atoms with E-state index in [0.29, 0.717) is 39.3 Å². The predicted octanol–water partition coefficient (Wildman–Crippen LogP) is 6.40. The zero-order chi connectivity index (χ0) is 29.6. The van der Waals surface area contributed by atoms with E-state index in [9.17, 15) is 18.0 Å². The molecule has 3 rings (SSSR count). The van der Waals surface area contributed by atoms with E-state index in [1.54, 1.807) is 43.3 Å². The Labute approximate surface area is 251 Å². The number of carbonyl (C=O) groups is 2. The van der Waals surface area contributed by atoms with Crippen LogP contribution in [-0.4, -0.2) is 44.3 Å². The zero-order valence-electron chi connectivity index (χ0n) is 22.7. The van der Waals surface area contributed by atoms with Gasteiger partial charge in [-0.05, 0) is 86.8 Å². The van der Waals surface area contributed by atoms with Crippen molar-refractivity contribution in [3.05, 3.63) is 92.4 Å². The molecule has 0 bridgehead atoms. The maximum atomic E-state index is 14.0. The lowest BCUT2D eigenvalue weighted by Crippen LogP contribution is -2.51. The number of benzene rings is 3. The number of sulfonamides is 1. The van der Waals surface area contributed by atoms with E-state index in [-0.39, 0.29) is 17.3 Å². The molecule has 40 heavy (non-hydrogen) atoms. The number of halogens is 3. The zero-order valence-corrected chi connectivity index (χ0v) is 25.8. The monoisotopic (exact) mass is 623 g/mol. The van der Waals surface area contributed by atoms with Crippen LogP contribution in [0.4, 0.5) is 5.69 Å². The Morgan fingerprint density at radius 2 is 1.55 bits per heavy atom. The molecule has 0 radical (unpaired) electrons. The minimum atomic E-state index is -4.20. The molecule has 0 aliphatic heterocycles. The third kappa shape index (κ3) is 7.49. The molecule has 0 fully saturated rings. The van der Waals surface area contributed by atoms with Crippen LogP contribution >= 0.6 is 34.8 Å². The summed E-state index contributed by atoms with van der Waals surface area (Å²) in [6, 6.07) is 14.9. The van der Waals surface area contributed by atoms with E-state index >= 15 is 0 Å². The fourth-order valence-electron chi connectivity index (χ4n) is 3.98. The Kier molecular flexibility index (Phi) is 10.9. The largest absolute Gasteiger partial charge is 0.354 e. The molecule has 0 saturated heterocycles. The number of amides is 2. The van der Waals surface area contributed by atoms with E-state index in [2.05, 4.69) is 5.32 Å².